The topological polar surface area (TPSA) is 86.0 Å². The highest BCUT2D eigenvalue weighted by atomic mass is 16.5. The van der Waals surface area contributed by atoms with Gasteiger partial charge in [0.15, 0.2) is 11.5 Å². The van der Waals surface area contributed by atoms with Crippen molar-refractivity contribution in [2.45, 2.75) is 13.0 Å². The predicted octanol–water partition coefficient (Wildman–Crippen LogP) is 3.11. The van der Waals surface area contributed by atoms with Crippen molar-refractivity contribution < 1.29 is 19.4 Å². The third-order valence-electron chi connectivity index (χ3n) is 4.56. The van der Waals surface area contributed by atoms with Crippen molar-refractivity contribution in [3.63, 3.8) is 0 Å². The first-order chi connectivity index (χ1) is 13.1. The zero-order valence-corrected chi connectivity index (χ0v) is 15.3. The van der Waals surface area contributed by atoms with E-state index in [1.54, 1.807) is 41.2 Å². The number of phenols is 1. The maximum absolute atomic E-state index is 13.0. The number of hydrogen-bond donors (Lipinski definition) is 1. The number of phenolic OH excluding ortho intramolecular Hbond substituents is 1. The molecular weight excluding hydrogens is 346 g/mol. The number of hydrogen-bond acceptors (Lipinski definition) is 5. The Kier molecular flexibility index (Phi) is 5.36. The van der Waals surface area contributed by atoms with Gasteiger partial charge in [-0.05, 0) is 30.7 Å². The fourth-order valence-corrected chi connectivity index (χ4v) is 3.16. The predicted molar refractivity (Wildman–Crippen MR) is 100 cm³/mol. The molecule has 0 bridgehead atoms. The molecule has 2 amide bonds. The highest BCUT2D eigenvalue weighted by Gasteiger charge is 2.28. The van der Waals surface area contributed by atoms with E-state index < -0.39 is 0 Å². The molecule has 2 aromatic carbocycles. The molecule has 7 heteroatoms. The standard InChI is InChI=1S/C20H21N3O4/c1-26-18-7-6-16(11-17(18)24)23-9-3-8-22(20(23)25)13-15-5-4-14(12-21)10-19(15)27-2/h4-7,10-11,24H,3,8-9,13H2,1-2H3. The number of aromatic hydroxyl groups is 1. The summed E-state index contributed by atoms with van der Waals surface area (Å²) in [4.78, 5) is 16.3. The van der Waals surface area contributed by atoms with Crippen LogP contribution in [0.3, 0.4) is 0 Å². The number of methoxy groups -OCH3 is 2. The fourth-order valence-electron chi connectivity index (χ4n) is 3.16. The van der Waals surface area contributed by atoms with E-state index in [0.29, 0.717) is 42.4 Å². The first kappa shape index (κ1) is 18.4. The Hall–Kier alpha value is -3.40. The first-order valence-electron chi connectivity index (χ1n) is 8.58. The minimum atomic E-state index is -0.141. The first-order valence-corrected chi connectivity index (χ1v) is 8.58. The largest absolute Gasteiger partial charge is 0.504 e. The molecule has 140 valence electrons. The maximum Gasteiger partial charge on any atom is 0.324 e. The monoisotopic (exact) mass is 367 g/mol. The van der Waals surface area contributed by atoms with E-state index in [4.69, 9.17) is 14.7 Å². The molecule has 7 nitrogen and oxygen atoms in total. The Morgan fingerprint density at radius 2 is 1.89 bits per heavy atom. The van der Waals surface area contributed by atoms with Gasteiger partial charge in [0.05, 0.1) is 32.4 Å². The number of nitrogens with zero attached hydrogens (tertiary/aromatic N) is 3. The molecular formula is C20H21N3O4. The highest BCUT2D eigenvalue weighted by Crippen LogP contribution is 2.32. The van der Waals surface area contributed by atoms with Crippen molar-refractivity contribution in [1.82, 2.24) is 4.90 Å². The molecule has 1 fully saturated rings. The van der Waals surface area contributed by atoms with E-state index in [1.165, 1.54) is 13.2 Å². The smallest absolute Gasteiger partial charge is 0.324 e. The van der Waals surface area contributed by atoms with Crippen molar-refractivity contribution in [2.75, 3.05) is 32.2 Å². The molecule has 1 aliphatic heterocycles. The van der Waals surface area contributed by atoms with Crippen LogP contribution in [0.1, 0.15) is 17.5 Å². The van der Waals surface area contributed by atoms with E-state index in [-0.39, 0.29) is 11.8 Å². The van der Waals surface area contributed by atoms with Gasteiger partial charge in [-0.2, -0.15) is 5.26 Å². The number of ether oxygens (including phenoxy) is 2. The Morgan fingerprint density at radius 3 is 2.56 bits per heavy atom. The molecule has 0 unspecified atom stereocenters. The fraction of sp³-hybridized carbons (Fsp3) is 0.300. The van der Waals surface area contributed by atoms with E-state index in [1.807, 2.05) is 6.07 Å². The molecule has 0 radical (unpaired) electrons. The van der Waals surface area contributed by atoms with E-state index in [9.17, 15) is 9.90 Å². The van der Waals surface area contributed by atoms with Crippen LogP contribution < -0.4 is 14.4 Å². The lowest BCUT2D eigenvalue weighted by molar-refractivity contribution is 0.192. The van der Waals surface area contributed by atoms with Gasteiger partial charge in [-0.25, -0.2) is 4.79 Å². The minimum Gasteiger partial charge on any atom is -0.504 e. The summed E-state index contributed by atoms with van der Waals surface area (Å²) in [5.74, 6) is 0.942. The summed E-state index contributed by atoms with van der Waals surface area (Å²) in [6.07, 6.45) is 0.803. The average Bonchev–Trinajstić information content (AvgIpc) is 2.69. The second-order valence-electron chi connectivity index (χ2n) is 6.20. The summed E-state index contributed by atoms with van der Waals surface area (Å²) >= 11 is 0. The van der Waals surface area contributed by atoms with Gasteiger partial charge in [-0.1, -0.05) is 6.07 Å². The van der Waals surface area contributed by atoms with Crippen LogP contribution in [0.5, 0.6) is 17.2 Å². The van der Waals surface area contributed by atoms with Crippen molar-refractivity contribution >= 4 is 11.7 Å². The SMILES string of the molecule is COc1ccc(N2CCCN(Cc3ccc(C#N)cc3OC)C2=O)cc1O. The molecule has 3 rings (SSSR count). The van der Waals surface area contributed by atoms with Crippen LogP contribution >= 0.6 is 0 Å². The van der Waals surface area contributed by atoms with Gasteiger partial charge in [0.2, 0.25) is 0 Å². The molecule has 0 aliphatic carbocycles. The molecule has 2 aromatic rings. The summed E-state index contributed by atoms with van der Waals surface area (Å²) in [6.45, 7) is 1.58. The Bertz CT molecular complexity index is 891. The zero-order chi connectivity index (χ0) is 19.4. The third kappa shape index (κ3) is 3.75. The van der Waals surface area contributed by atoms with Gasteiger partial charge in [0, 0.05) is 30.4 Å². The van der Waals surface area contributed by atoms with Crippen LogP contribution in [0.15, 0.2) is 36.4 Å². The lowest BCUT2D eigenvalue weighted by Gasteiger charge is -2.36. The number of anilines is 1. The molecule has 1 heterocycles. The lowest BCUT2D eigenvalue weighted by Crippen LogP contribution is -2.49. The summed E-state index contributed by atoms with van der Waals surface area (Å²) in [5.41, 5.74) is 1.97. The molecule has 0 aromatic heterocycles. The van der Waals surface area contributed by atoms with Crippen molar-refractivity contribution in [3.05, 3.63) is 47.5 Å². The Labute approximate surface area is 157 Å². The maximum atomic E-state index is 13.0. The summed E-state index contributed by atoms with van der Waals surface area (Å²) in [6, 6.07) is 12.1. The van der Waals surface area contributed by atoms with Crippen LogP contribution in [-0.4, -0.2) is 43.3 Å². The second-order valence-corrected chi connectivity index (χ2v) is 6.20. The van der Waals surface area contributed by atoms with Crippen molar-refractivity contribution in [3.8, 4) is 23.3 Å². The summed E-state index contributed by atoms with van der Waals surface area (Å²) in [7, 11) is 3.03. The van der Waals surface area contributed by atoms with Gasteiger partial charge in [-0.3, -0.25) is 4.90 Å². The lowest BCUT2D eigenvalue weighted by atomic mass is 10.1. The van der Waals surface area contributed by atoms with E-state index in [0.717, 1.165) is 12.0 Å². The number of urea groups is 1. The van der Waals surface area contributed by atoms with Gasteiger partial charge in [0.25, 0.3) is 0 Å². The summed E-state index contributed by atoms with van der Waals surface area (Å²) in [5, 5.41) is 19.0. The number of amides is 2. The van der Waals surface area contributed by atoms with Gasteiger partial charge in [0.1, 0.15) is 5.75 Å². The van der Waals surface area contributed by atoms with Crippen LogP contribution in [-0.2, 0) is 6.54 Å². The molecule has 0 atom stereocenters. The number of rotatable bonds is 5. The van der Waals surface area contributed by atoms with Crippen LogP contribution in [0.2, 0.25) is 0 Å². The molecule has 1 N–H and O–H groups in total. The Balaban J connectivity index is 1.81. The number of nitriles is 1. The number of carbonyl (C=O) groups is 1. The van der Waals surface area contributed by atoms with Gasteiger partial charge >= 0.3 is 6.03 Å². The van der Waals surface area contributed by atoms with Crippen molar-refractivity contribution in [1.29, 1.82) is 5.26 Å². The van der Waals surface area contributed by atoms with E-state index in [2.05, 4.69) is 6.07 Å². The molecule has 27 heavy (non-hydrogen) atoms. The molecule has 0 spiro atoms. The number of benzene rings is 2. The number of carbonyl (C=O) groups excluding carboxylic acids is 1. The highest BCUT2D eigenvalue weighted by molar-refractivity contribution is 5.93. The summed E-state index contributed by atoms with van der Waals surface area (Å²) < 4.78 is 10.4. The quantitative estimate of drug-likeness (QED) is 0.877. The molecule has 1 saturated heterocycles. The molecule has 0 saturated carbocycles. The average molecular weight is 367 g/mol. The van der Waals surface area contributed by atoms with Crippen LogP contribution in [0.4, 0.5) is 10.5 Å². The van der Waals surface area contributed by atoms with Crippen molar-refractivity contribution in [2.24, 2.45) is 0 Å². The second kappa shape index (κ2) is 7.87. The normalized spacial score (nSPS) is 14.0. The van der Waals surface area contributed by atoms with E-state index >= 15 is 0 Å². The Morgan fingerprint density at radius 1 is 1.11 bits per heavy atom. The van der Waals surface area contributed by atoms with Gasteiger partial charge < -0.3 is 19.5 Å². The van der Waals surface area contributed by atoms with Gasteiger partial charge in [-0.15, -0.1) is 0 Å². The van der Waals surface area contributed by atoms with Crippen LogP contribution in [0, 0.1) is 11.3 Å². The third-order valence-corrected chi connectivity index (χ3v) is 4.56. The minimum absolute atomic E-state index is 0.00585. The van der Waals surface area contributed by atoms with Crippen LogP contribution in [0.25, 0.3) is 0 Å². The molecule has 1 aliphatic rings. The zero-order valence-electron chi connectivity index (χ0n) is 15.3.